The Bertz CT molecular complexity index is 535. The first-order chi connectivity index (χ1) is 10.8. The average molecular weight is 300 g/mol. The summed E-state index contributed by atoms with van der Waals surface area (Å²) in [4.78, 5) is 2.50. The average Bonchev–Trinajstić information content (AvgIpc) is 3.11. The molecule has 1 N–H and O–H groups in total. The van der Waals surface area contributed by atoms with E-state index in [1.54, 1.807) is 6.26 Å². The lowest BCUT2D eigenvalue weighted by Gasteiger charge is -2.35. The predicted molar refractivity (Wildman–Crippen MR) is 86.7 cm³/mol. The van der Waals surface area contributed by atoms with E-state index in [4.69, 9.17) is 9.15 Å². The molecule has 0 radical (unpaired) electrons. The number of hydrogen-bond acceptors (Lipinski definition) is 4. The molecular formula is C18H24N2O2. The number of ether oxygens (including phenoxy) is 1. The summed E-state index contributed by atoms with van der Waals surface area (Å²) in [5.74, 6) is 0.980. The minimum Gasteiger partial charge on any atom is -0.468 e. The van der Waals surface area contributed by atoms with E-state index in [2.05, 4.69) is 47.5 Å². The number of furan rings is 1. The molecule has 0 aliphatic carbocycles. The molecule has 22 heavy (non-hydrogen) atoms. The van der Waals surface area contributed by atoms with Crippen LogP contribution in [0.1, 0.15) is 30.3 Å². The third-order valence-corrected chi connectivity index (χ3v) is 4.26. The summed E-state index contributed by atoms with van der Waals surface area (Å²) < 4.78 is 11.0. The number of nitrogens with zero attached hydrogens (tertiary/aromatic N) is 1. The molecule has 0 unspecified atom stereocenters. The molecule has 4 nitrogen and oxygen atoms in total. The molecule has 0 saturated carbocycles. The molecule has 0 spiro atoms. The molecule has 1 aromatic carbocycles. The molecule has 4 heteroatoms. The van der Waals surface area contributed by atoms with Crippen molar-refractivity contribution in [2.45, 2.75) is 19.0 Å². The van der Waals surface area contributed by atoms with Crippen LogP contribution in [0.4, 0.5) is 0 Å². The van der Waals surface area contributed by atoms with Gasteiger partial charge in [-0.25, -0.2) is 0 Å². The van der Waals surface area contributed by atoms with Crippen molar-refractivity contribution in [1.29, 1.82) is 0 Å². The van der Waals surface area contributed by atoms with Gasteiger partial charge >= 0.3 is 0 Å². The Morgan fingerprint density at radius 1 is 1.09 bits per heavy atom. The summed E-state index contributed by atoms with van der Waals surface area (Å²) >= 11 is 0. The van der Waals surface area contributed by atoms with E-state index in [0.29, 0.717) is 6.04 Å². The normalized spacial score (nSPS) is 19.0. The summed E-state index contributed by atoms with van der Waals surface area (Å²) in [5.41, 5.74) is 1.35. The Morgan fingerprint density at radius 2 is 1.86 bits per heavy atom. The second kappa shape index (κ2) is 7.58. The summed E-state index contributed by atoms with van der Waals surface area (Å²) in [6.07, 6.45) is 1.73. The van der Waals surface area contributed by atoms with Crippen LogP contribution in [0.5, 0.6) is 0 Å². The fourth-order valence-electron chi connectivity index (χ4n) is 2.95. The monoisotopic (exact) mass is 300 g/mol. The third kappa shape index (κ3) is 3.77. The standard InChI is InChI=1S/C18H24N2O2/c1-15(18-8-5-11-22-18)19-14-17(16-6-3-2-4-7-16)20-9-12-21-13-10-20/h2-8,11,15,17,19H,9-10,12-14H2,1H3/t15-,17-/m0/s1. The van der Waals surface area contributed by atoms with Crippen molar-refractivity contribution in [3.8, 4) is 0 Å². The lowest BCUT2D eigenvalue weighted by Crippen LogP contribution is -2.43. The van der Waals surface area contributed by atoms with Crippen LogP contribution in [0.25, 0.3) is 0 Å². The van der Waals surface area contributed by atoms with E-state index in [1.807, 2.05) is 12.1 Å². The molecule has 1 saturated heterocycles. The molecule has 2 atom stereocenters. The minimum absolute atomic E-state index is 0.210. The number of hydrogen-bond donors (Lipinski definition) is 1. The summed E-state index contributed by atoms with van der Waals surface area (Å²) in [6.45, 7) is 6.63. The van der Waals surface area contributed by atoms with E-state index in [1.165, 1.54) is 5.56 Å². The minimum atomic E-state index is 0.210. The highest BCUT2D eigenvalue weighted by Crippen LogP contribution is 2.22. The van der Waals surface area contributed by atoms with E-state index in [0.717, 1.165) is 38.6 Å². The Kier molecular flexibility index (Phi) is 5.27. The summed E-state index contributed by atoms with van der Waals surface area (Å²) in [6, 6.07) is 15.2. The molecule has 1 aliphatic heterocycles. The topological polar surface area (TPSA) is 37.6 Å². The van der Waals surface area contributed by atoms with Crippen molar-refractivity contribution in [1.82, 2.24) is 10.2 Å². The molecule has 0 bridgehead atoms. The molecule has 1 aromatic heterocycles. The van der Waals surface area contributed by atoms with Crippen LogP contribution in [-0.4, -0.2) is 37.7 Å². The molecule has 118 valence electrons. The number of nitrogens with one attached hydrogen (secondary N) is 1. The number of benzene rings is 1. The van der Waals surface area contributed by atoms with Crippen molar-refractivity contribution in [3.05, 3.63) is 60.1 Å². The highest BCUT2D eigenvalue weighted by Gasteiger charge is 2.23. The van der Waals surface area contributed by atoms with Crippen LogP contribution < -0.4 is 5.32 Å². The first-order valence-electron chi connectivity index (χ1n) is 7.98. The zero-order chi connectivity index (χ0) is 15.2. The molecular weight excluding hydrogens is 276 g/mol. The zero-order valence-corrected chi connectivity index (χ0v) is 13.1. The van der Waals surface area contributed by atoms with Gasteiger partial charge in [0.2, 0.25) is 0 Å². The molecule has 1 aliphatic rings. The van der Waals surface area contributed by atoms with E-state index < -0.39 is 0 Å². The highest BCUT2D eigenvalue weighted by atomic mass is 16.5. The van der Waals surface area contributed by atoms with E-state index in [9.17, 15) is 0 Å². The third-order valence-electron chi connectivity index (χ3n) is 4.26. The van der Waals surface area contributed by atoms with Crippen LogP contribution in [0, 0.1) is 0 Å². The predicted octanol–water partition coefficient (Wildman–Crippen LogP) is 3.00. The van der Waals surface area contributed by atoms with Gasteiger partial charge in [0.1, 0.15) is 5.76 Å². The zero-order valence-electron chi connectivity index (χ0n) is 13.1. The van der Waals surface area contributed by atoms with E-state index in [-0.39, 0.29) is 6.04 Å². The Labute approximate surface area is 132 Å². The van der Waals surface area contributed by atoms with Gasteiger partial charge in [-0.1, -0.05) is 30.3 Å². The lowest BCUT2D eigenvalue weighted by molar-refractivity contribution is 0.0156. The lowest BCUT2D eigenvalue weighted by atomic mass is 10.0. The quantitative estimate of drug-likeness (QED) is 0.890. The maximum absolute atomic E-state index is 5.49. The van der Waals surface area contributed by atoms with E-state index >= 15 is 0 Å². The molecule has 2 heterocycles. The summed E-state index contributed by atoms with van der Waals surface area (Å²) in [5, 5.41) is 3.60. The first kappa shape index (κ1) is 15.3. The second-order valence-corrected chi connectivity index (χ2v) is 5.72. The van der Waals surface area contributed by atoms with Crippen molar-refractivity contribution in [2.75, 3.05) is 32.8 Å². The van der Waals surface area contributed by atoms with Crippen molar-refractivity contribution < 1.29 is 9.15 Å². The van der Waals surface area contributed by atoms with Gasteiger partial charge in [0, 0.05) is 25.7 Å². The van der Waals surface area contributed by atoms with Gasteiger partial charge in [-0.3, -0.25) is 4.90 Å². The number of rotatable bonds is 6. The van der Waals surface area contributed by atoms with Crippen LogP contribution in [0.3, 0.4) is 0 Å². The van der Waals surface area contributed by atoms with Gasteiger partial charge in [-0.05, 0) is 24.6 Å². The maximum Gasteiger partial charge on any atom is 0.120 e. The fourth-order valence-corrected chi connectivity index (χ4v) is 2.95. The number of morpholine rings is 1. The SMILES string of the molecule is C[C@H](NC[C@@H](c1ccccc1)N1CCOCC1)c1ccco1. The largest absolute Gasteiger partial charge is 0.468 e. The van der Waals surface area contributed by atoms with Crippen molar-refractivity contribution >= 4 is 0 Å². The van der Waals surface area contributed by atoms with Crippen LogP contribution in [0.2, 0.25) is 0 Å². The van der Waals surface area contributed by atoms with Gasteiger partial charge in [0.25, 0.3) is 0 Å². The molecule has 3 rings (SSSR count). The van der Waals surface area contributed by atoms with Gasteiger partial charge in [0.15, 0.2) is 0 Å². The molecule has 2 aromatic rings. The maximum atomic E-state index is 5.49. The Hall–Kier alpha value is -1.62. The van der Waals surface area contributed by atoms with Crippen LogP contribution in [0.15, 0.2) is 53.1 Å². The fraction of sp³-hybridized carbons (Fsp3) is 0.444. The van der Waals surface area contributed by atoms with Crippen LogP contribution >= 0.6 is 0 Å². The Balaban J connectivity index is 1.68. The van der Waals surface area contributed by atoms with Gasteiger partial charge in [-0.15, -0.1) is 0 Å². The smallest absolute Gasteiger partial charge is 0.120 e. The van der Waals surface area contributed by atoms with Crippen molar-refractivity contribution in [2.24, 2.45) is 0 Å². The summed E-state index contributed by atoms with van der Waals surface area (Å²) in [7, 11) is 0. The Morgan fingerprint density at radius 3 is 2.55 bits per heavy atom. The molecule has 0 amide bonds. The molecule has 1 fully saturated rings. The van der Waals surface area contributed by atoms with Crippen molar-refractivity contribution in [3.63, 3.8) is 0 Å². The van der Waals surface area contributed by atoms with Gasteiger partial charge in [0.05, 0.1) is 25.5 Å². The second-order valence-electron chi connectivity index (χ2n) is 5.72. The van der Waals surface area contributed by atoms with Gasteiger partial charge in [-0.2, -0.15) is 0 Å². The van der Waals surface area contributed by atoms with Gasteiger partial charge < -0.3 is 14.5 Å². The van der Waals surface area contributed by atoms with Crippen LogP contribution in [-0.2, 0) is 4.74 Å². The first-order valence-corrected chi connectivity index (χ1v) is 7.98. The highest BCUT2D eigenvalue weighted by molar-refractivity contribution is 5.20.